The van der Waals surface area contributed by atoms with Gasteiger partial charge in [0.05, 0.1) is 17.9 Å². The Kier molecular flexibility index (Phi) is 6.36. The number of carbonyl (C=O) groups excluding carboxylic acids is 1. The number of ether oxygens (including phenoxy) is 1. The van der Waals surface area contributed by atoms with Crippen LogP contribution in [0.25, 0.3) is 11.4 Å². The van der Waals surface area contributed by atoms with Crippen LogP contribution in [0, 0.1) is 6.92 Å². The number of para-hydroxylation sites is 1. The number of aryl methyl sites for hydroxylation is 1. The highest BCUT2D eigenvalue weighted by molar-refractivity contribution is 8.00. The third-order valence-electron chi connectivity index (χ3n) is 4.35. The van der Waals surface area contributed by atoms with E-state index in [-0.39, 0.29) is 11.2 Å². The lowest BCUT2D eigenvalue weighted by Crippen LogP contribution is -2.22. The summed E-state index contributed by atoms with van der Waals surface area (Å²) in [5, 5.41) is 12.0. The van der Waals surface area contributed by atoms with Crippen molar-refractivity contribution in [2.24, 2.45) is 0 Å². The van der Waals surface area contributed by atoms with Gasteiger partial charge in [0.2, 0.25) is 5.91 Å². The molecule has 6 nitrogen and oxygen atoms in total. The summed E-state index contributed by atoms with van der Waals surface area (Å²) in [7, 11) is 1.64. The molecule has 0 fully saturated rings. The molecular weight excluding hydrogens is 372 g/mol. The summed E-state index contributed by atoms with van der Waals surface area (Å²) >= 11 is 1.39. The standard InChI is InChI=1S/C21H24N4O2S/c1-5-25-19(17-8-6-7-9-18(17)27-4)23-24-21(25)28-15(3)20(26)22-16-12-10-14(2)11-13-16/h6-13,15H,5H2,1-4H3,(H,22,26). The molecule has 1 aromatic heterocycles. The van der Waals surface area contributed by atoms with E-state index in [0.29, 0.717) is 11.7 Å². The smallest absolute Gasteiger partial charge is 0.237 e. The number of hydrogen-bond acceptors (Lipinski definition) is 5. The highest BCUT2D eigenvalue weighted by Gasteiger charge is 2.21. The largest absolute Gasteiger partial charge is 0.496 e. The summed E-state index contributed by atoms with van der Waals surface area (Å²) in [5.74, 6) is 1.40. The molecule has 1 atom stereocenters. The van der Waals surface area contributed by atoms with Crippen molar-refractivity contribution in [3.63, 3.8) is 0 Å². The lowest BCUT2D eigenvalue weighted by Gasteiger charge is -2.13. The summed E-state index contributed by atoms with van der Waals surface area (Å²) in [6.07, 6.45) is 0. The number of methoxy groups -OCH3 is 1. The van der Waals surface area contributed by atoms with E-state index in [2.05, 4.69) is 15.5 Å². The molecular formula is C21H24N4O2S. The van der Waals surface area contributed by atoms with E-state index in [0.717, 1.165) is 28.4 Å². The molecule has 2 aromatic carbocycles. The van der Waals surface area contributed by atoms with Gasteiger partial charge in [0.25, 0.3) is 0 Å². The van der Waals surface area contributed by atoms with Crippen LogP contribution in [-0.2, 0) is 11.3 Å². The Morgan fingerprint density at radius 2 is 1.89 bits per heavy atom. The third-order valence-corrected chi connectivity index (χ3v) is 5.43. The van der Waals surface area contributed by atoms with E-state index in [1.807, 2.05) is 73.9 Å². The molecule has 146 valence electrons. The predicted molar refractivity (Wildman–Crippen MR) is 113 cm³/mol. The molecule has 3 rings (SSSR count). The first-order valence-electron chi connectivity index (χ1n) is 9.14. The molecule has 0 saturated heterocycles. The normalized spacial score (nSPS) is 11.9. The molecule has 0 aliphatic heterocycles. The fourth-order valence-electron chi connectivity index (χ4n) is 2.78. The van der Waals surface area contributed by atoms with Gasteiger partial charge in [-0.05, 0) is 45.0 Å². The summed E-state index contributed by atoms with van der Waals surface area (Å²) in [4.78, 5) is 12.6. The number of anilines is 1. The zero-order valence-electron chi connectivity index (χ0n) is 16.5. The second kappa shape index (κ2) is 8.93. The minimum absolute atomic E-state index is 0.0710. The lowest BCUT2D eigenvalue weighted by molar-refractivity contribution is -0.115. The van der Waals surface area contributed by atoms with Crippen molar-refractivity contribution in [1.29, 1.82) is 0 Å². The molecule has 1 heterocycles. The maximum atomic E-state index is 12.6. The van der Waals surface area contributed by atoms with Gasteiger partial charge in [0.1, 0.15) is 5.75 Å². The number of nitrogens with one attached hydrogen (secondary N) is 1. The predicted octanol–water partition coefficient (Wildman–Crippen LogP) is 4.40. The lowest BCUT2D eigenvalue weighted by atomic mass is 10.2. The van der Waals surface area contributed by atoms with Gasteiger partial charge in [-0.2, -0.15) is 0 Å². The Labute approximate surface area is 169 Å². The van der Waals surface area contributed by atoms with Crippen LogP contribution in [0.3, 0.4) is 0 Å². The SMILES string of the molecule is CCn1c(SC(C)C(=O)Nc2ccc(C)cc2)nnc1-c1ccccc1OC. The Morgan fingerprint density at radius 1 is 1.18 bits per heavy atom. The number of rotatable bonds is 7. The molecule has 1 N–H and O–H groups in total. The first-order chi connectivity index (χ1) is 13.5. The first-order valence-corrected chi connectivity index (χ1v) is 10.0. The average Bonchev–Trinajstić information content (AvgIpc) is 3.11. The van der Waals surface area contributed by atoms with E-state index in [4.69, 9.17) is 4.74 Å². The number of nitrogens with zero attached hydrogens (tertiary/aromatic N) is 3. The van der Waals surface area contributed by atoms with E-state index >= 15 is 0 Å². The molecule has 28 heavy (non-hydrogen) atoms. The van der Waals surface area contributed by atoms with E-state index < -0.39 is 0 Å². The second-order valence-electron chi connectivity index (χ2n) is 6.37. The van der Waals surface area contributed by atoms with Crippen molar-refractivity contribution >= 4 is 23.4 Å². The van der Waals surface area contributed by atoms with Crippen molar-refractivity contribution in [3.8, 4) is 17.1 Å². The van der Waals surface area contributed by atoms with Crippen LogP contribution in [0.2, 0.25) is 0 Å². The second-order valence-corrected chi connectivity index (χ2v) is 7.67. The summed E-state index contributed by atoms with van der Waals surface area (Å²) in [6.45, 7) is 6.60. The Hall–Kier alpha value is -2.80. The highest BCUT2D eigenvalue weighted by Crippen LogP contribution is 2.32. The van der Waals surface area contributed by atoms with Crippen molar-refractivity contribution < 1.29 is 9.53 Å². The molecule has 0 radical (unpaired) electrons. The van der Waals surface area contributed by atoms with E-state index in [1.54, 1.807) is 7.11 Å². The molecule has 0 spiro atoms. The Bertz CT molecular complexity index is 953. The van der Waals surface area contributed by atoms with Crippen LogP contribution in [0.5, 0.6) is 5.75 Å². The topological polar surface area (TPSA) is 69.0 Å². The van der Waals surface area contributed by atoms with Crippen LogP contribution < -0.4 is 10.1 Å². The number of benzene rings is 2. The van der Waals surface area contributed by atoms with Gasteiger partial charge < -0.3 is 14.6 Å². The number of carbonyl (C=O) groups is 1. The Morgan fingerprint density at radius 3 is 2.57 bits per heavy atom. The monoisotopic (exact) mass is 396 g/mol. The molecule has 0 bridgehead atoms. The minimum Gasteiger partial charge on any atom is -0.496 e. The van der Waals surface area contributed by atoms with Crippen molar-refractivity contribution in [1.82, 2.24) is 14.8 Å². The highest BCUT2D eigenvalue weighted by atomic mass is 32.2. The van der Waals surface area contributed by atoms with Crippen LogP contribution in [0.1, 0.15) is 19.4 Å². The fourth-order valence-corrected chi connectivity index (χ4v) is 3.69. The molecule has 0 aliphatic carbocycles. The van der Waals surface area contributed by atoms with Gasteiger partial charge in [-0.1, -0.05) is 41.6 Å². The van der Waals surface area contributed by atoms with Crippen LogP contribution in [0.4, 0.5) is 5.69 Å². The van der Waals surface area contributed by atoms with Crippen molar-refractivity contribution in [2.75, 3.05) is 12.4 Å². The van der Waals surface area contributed by atoms with E-state index in [9.17, 15) is 4.79 Å². The van der Waals surface area contributed by atoms with Crippen molar-refractivity contribution in [2.45, 2.75) is 37.7 Å². The quantitative estimate of drug-likeness (QED) is 0.600. The maximum Gasteiger partial charge on any atom is 0.237 e. The van der Waals surface area contributed by atoms with E-state index in [1.165, 1.54) is 11.8 Å². The molecule has 3 aromatic rings. The fraction of sp³-hybridized carbons (Fsp3) is 0.286. The summed E-state index contributed by atoms with van der Waals surface area (Å²) in [6, 6.07) is 15.5. The van der Waals surface area contributed by atoms with Gasteiger partial charge in [-0.15, -0.1) is 10.2 Å². The molecule has 0 saturated carbocycles. The van der Waals surface area contributed by atoms with Gasteiger partial charge in [-0.25, -0.2) is 0 Å². The maximum absolute atomic E-state index is 12.6. The third kappa shape index (κ3) is 4.36. The number of amides is 1. The van der Waals surface area contributed by atoms with Crippen LogP contribution in [0.15, 0.2) is 53.7 Å². The zero-order valence-corrected chi connectivity index (χ0v) is 17.3. The number of aromatic nitrogens is 3. The summed E-state index contributed by atoms with van der Waals surface area (Å²) < 4.78 is 7.45. The van der Waals surface area contributed by atoms with Crippen molar-refractivity contribution in [3.05, 3.63) is 54.1 Å². The molecule has 0 aliphatic rings. The van der Waals surface area contributed by atoms with Gasteiger partial charge in [0.15, 0.2) is 11.0 Å². The summed E-state index contributed by atoms with van der Waals surface area (Å²) in [5.41, 5.74) is 2.82. The van der Waals surface area contributed by atoms with Gasteiger partial charge in [-0.3, -0.25) is 4.79 Å². The average molecular weight is 397 g/mol. The number of thioether (sulfide) groups is 1. The molecule has 1 unspecified atom stereocenters. The van der Waals surface area contributed by atoms with Crippen LogP contribution in [-0.4, -0.2) is 33.0 Å². The molecule has 7 heteroatoms. The minimum atomic E-state index is -0.318. The first kappa shape index (κ1) is 19.9. The zero-order chi connectivity index (χ0) is 20.1. The number of hydrogen-bond donors (Lipinski definition) is 1. The van der Waals surface area contributed by atoms with Crippen LogP contribution >= 0.6 is 11.8 Å². The van der Waals surface area contributed by atoms with Gasteiger partial charge in [0, 0.05) is 12.2 Å². The Balaban J connectivity index is 1.78. The van der Waals surface area contributed by atoms with Gasteiger partial charge >= 0.3 is 0 Å². The molecule has 1 amide bonds.